The van der Waals surface area contributed by atoms with E-state index >= 15 is 0 Å². The smallest absolute Gasteiger partial charge is 1.00 e. The van der Waals surface area contributed by atoms with Crippen molar-refractivity contribution in [3.63, 3.8) is 0 Å². The molecule has 1 radical (unpaired) electrons. The normalized spacial score (nSPS) is 16.3. The summed E-state index contributed by atoms with van der Waals surface area (Å²) >= 11 is 0. The predicted octanol–water partition coefficient (Wildman–Crippen LogP) is 2.04. The molecule has 44 heavy (non-hydrogen) atoms. The van der Waals surface area contributed by atoms with Crippen LogP contribution >= 0.6 is 0 Å². The van der Waals surface area contributed by atoms with E-state index in [0.717, 1.165) is 30.5 Å². The van der Waals surface area contributed by atoms with Crippen molar-refractivity contribution in [1.29, 1.82) is 0 Å². The Balaban J connectivity index is 0. The van der Waals surface area contributed by atoms with Gasteiger partial charge in [0.25, 0.3) is 0 Å². The summed E-state index contributed by atoms with van der Waals surface area (Å²) < 4.78 is 12.0. The van der Waals surface area contributed by atoms with Gasteiger partial charge in [-0.15, -0.1) is 11.1 Å². The van der Waals surface area contributed by atoms with E-state index in [2.05, 4.69) is 94.5 Å². The molecule has 2 aromatic carbocycles. The SMILES string of the molecule is CCCC(C)(C)c1[cH-]c2c(c1O[SiH3])C(C)(C)CCC2.CCCC(C)(C)c1[cH-]c2c(c1O[SiH3])C(C)(C)CCC2.C[SiH]C.[Cl-].[Cl-].[Zr+4]. The fourth-order valence-electron chi connectivity index (χ4n) is 7.70. The van der Waals surface area contributed by atoms with Gasteiger partial charge in [-0.25, -0.2) is 0 Å². The molecule has 4 rings (SSSR count). The number of halogens is 2. The van der Waals surface area contributed by atoms with Crippen molar-refractivity contribution in [3.05, 3.63) is 45.5 Å². The standard InChI is InChI=1S/2C17H29OSi.C2H7Si.2ClH.Zr/c2*1-6-9-16(2,3)13-11-12-8-7-10-17(4,5)14(12)15(13)18-19;1-3-2;;;/h2*11H,6-10H2,1-5,19H3;3H,1-2H3;2*1H;/q2*-1;;;;+4/p-2. The van der Waals surface area contributed by atoms with Crippen LogP contribution in [-0.4, -0.2) is 30.5 Å². The summed E-state index contributed by atoms with van der Waals surface area (Å²) in [7, 11) is 2.32. The first-order valence-corrected chi connectivity index (χ1v) is 20.5. The van der Waals surface area contributed by atoms with Crippen LogP contribution in [0.2, 0.25) is 13.1 Å². The zero-order valence-electron chi connectivity index (χ0n) is 30.9. The number of aryl methyl sites for hydroxylation is 2. The third-order valence-corrected chi connectivity index (χ3v) is 10.5. The van der Waals surface area contributed by atoms with Crippen LogP contribution in [0.15, 0.2) is 12.1 Å². The maximum atomic E-state index is 5.99. The van der Waals surface area contributed by atoms with Gasteiger partial charge in [0.15, 0.2) is 21.0 Å². The zero-order chi connectivity index (χ0) is 31.2. The number of hydrogen-bond acceptors (Lipinski definition) is 2. The van der Waals surface area contributed by atoms with Crippen LogP contribution in [0.3, 0.4) is 0 Å². The number of fused-ring (bicyclic) bond motifs is 2. The quantitative estimate of drug-likeness (QED) is 0.303. The molecule has 2 nitrogen and oxygen atoms in total. The summed E-state index contributed by atoms with van der Waals surface area (Å²) in [5.74, 6) is 2.48. The van der Waals surface area contributed by atoms with Crippen LogP contribution < -0.4 is 33.7 Å². The summed E-state index contributed by atoms with van der Waals surface area (Å²) in [6.45, 7) is 28.0. The van der Waals surface area contributed by atoms with Crippen LogP contribution in [0.1, 0.15) is 154 Å². The number of hydrogen-bond donors (Lipinski definition) is 0. The average Bonchev–Trinajstić information content (AvgIpc) is 3.46. The molecule has 0 aliphatic heterocycles. The van der Waals surface area contributed by atoms with Gasteiger partial charge in [-0.1, -0.05) is 145 Å². The maximum Gasteiger partial charge on any atom is 4.00 e. The Morgan fingerprint density at radius 2 is 1.00 bits per heavy atom. The molecule has 0 saturated carbocycles. The van der Waals surface area contributed by atoms with Gasteiger partial charge < -0.3 is 33.7 Å². The topological polar surface area (TPSA) is 18.5 Å². The molecular formula is C36H65Cl2O2Si3Zr. The summed E-state index contributed by atoms with van der Waals surface area (Å²) in [5, 5.41) is 0. The van der Waals surface area contributed by atoms with Gasteiger partial charge in [-0.3, -0.25) is 0 Å². The minimum atomic E-state index is 0. The number of rotatable bonds is 8. The molecule has 0 atom stereocenters. The molecule has 0 unspecified atom stereocenters. The average molecular weight is 776 g/mol. The Bertz CT molecular complexity index is 1030. The Morgan fingerprint density at radius 3 is 1.25 bits per heavy atom. The Kier molecular flexibility index (Phi) is 20.5. The second kappa shape index (κ2) is 19.4. The first-order chi connectivity index (χ1) is 19.1. The van der Waals surface area contributed by atoms with E-state index in [9.17, 15) is 0 Å². The first kappa shape index (κ1) is 46.5. The van der Waals surface area contributed by atoms with Crippen LogP contribution in [-0.2, 0) is 60.7 Å². The molecule has 0 heterocycles. The van der Waals surface area contributed by atoms with Gasteiger partial charge in [0.2, 0.25) is 0 Å². The van der Waals surface area contributed by atoms with Crippen molar-refractivity contribution in [1.82, 2.24) is 0 Å². The van der Waals surface area contributed by atoms with Crippen LogP contribution in [0.4, 0.5) is 0 Å². The third kappa shape index (κ3) is 10.7. The van der Waals surface area contributed by atoms with E-state index in [0.29, 0.717) is 0 Å². The molecular weight excluding hydrogens is 711 g/mol. The van der Waals surface area contributed by atoms with Crippen LogP contribution in [0.5, 0.6) is 11.5 Å². The van der Waals surface area contributed by atoms with Gasteiger partial charge in [-0.2, -0.15) is 34.4 Å². The summed E-state index contributed by atoms with van der Waals surface area (Å²) in [6, 6.07) is 4.91. The Morgan fingerprint density at radius 1 is 0.705 bits per heavy atom. The molecule has 0 bridgehead atoms. The van der Waals surface area contributed by atoms with Gasteiger partial charge in [0.05, 0.1) is 0 Å². The minimum absolute atomic E-state index is 0. The third-order valence-electron chi connectivity index (χ3n) is 9.69. The van der Waals surface area contributed by atoms with E-state index in [1.807, 2.05) is 0 Å². The largest absolute Gasteiger partial charge is 4.00 e. The molecule has 0 saturated heterocycles. The molecule has 2 aromatic rings. The van der Waals surface area contributed by atoms with Gasteiger partial charge >= 0.3 is 26.2 Å². The fourth-order valence-corrected chi connectivity index (χ4v) is 8.55. The van der Waals surface area contributed by atoms with Crippen LogP contribution in [0, 0.1) is 0 Å². The fraction of sp³-hybridized carbons (Fsp3) is 0.722. The summed E-state index contributed by atoms with van der Waals surface area (Å²) in [5.41, 5.74) is 10.1. The van der Waals surface area contributed by atoms with Crippen molar-refractivity contribution in [2.24, 2.45) is 0 Å². The molecule has 251 valence electrons. The molecule has 2 aliphatic carbocycles. The zero-order valence-corrected chi connectivity index (χ0v) is 40.0. The van der Waals surface area contributed by atoms with Crippen molar-refractivity contribution < 1.29 is 59.9 Å². The second-order valence-electron chi connectivity index (χ2n) is 15.3. The second-order valence-corrected chi connectivity index (χ2v) is 17.3. The maximum absolute atomic E-state index is 5.99. The molecule has 0 amide bonds. The van der Waals surface area contributed by atoms with Crippen molar-refractivity contribution in [2.75, 3.05) is 0 Å². The summed E-state index contributed by atoms with van der Waals surface area (Å²) in [4.78, 5) is 0. The molecule has 0 fully saturated rings. The first-order valence-electron chi connectivity index (χ1n) is 16.6. The van der Waals surface area contributed by atoms with E-state index in [1.165, 1.54) is 98.0 Å². The Labute approximate surface area is 313 Å². The monoisotopic (exact) mass is 773 g/mol. The van der Waals surface area contributed by atoms with E-state index in [1.54, 1.807) is 11.1 Å². The van der Waals surface area contributed by atoms with Crippen molar-refractivity contribution in [3.8, 4) is 11.5 Å². The summed E-state index contributed by atoms with van der Waals surface area (Å²) in [6.07, 6.45) is 12.6. The molecule has 0 aromatic heterocycles. The molecule has 2 aliphatic rings. The minimum Gasteiger partial charge on any atom is -1.00 e. The Hall–Kier alpha value is 0.414. The predicted molar refractivity (Wildman–Crippen MR) is 192 cm³/mol. The molecule has 0 spiro atoms. The molecule has 8 heteroatoms. The van der Waals surface area contributed by atoms with Gasteiger partial charge in [0.1, 0.15) is 0 Å². The van der Waals surface area contributed by atoms with Gasteiger partial charge in [0, 0.05) is 9.52 Å². The van der Waals surface area contributed by atoms with E-state index in [-0.39, 0.29) is 72.7 Å². The van der Waals surface area contributed by atoms with Gasteiger partial charge in [-0.05, 0) is 35.2 Å². The van der Waals surface area contributed by atoms with E-state index < -0.39 is 0 Å². The van der Waals surface area contributed by atoms with Crippen molar-refractivity contribution >= 4 is 30.5 Å². The van der Waals surface area contributed by atoms with Crippen LogP contribution in [0.25, 0.3) is 0 Å². The van der Waals surface area contributed by atoms with Crippen molar-refractivity contribution in [2.45, 2.75) is 168 Å². The molecule has 0 N–H and O–H groups in total. The van der Waals surface area contributed by atoms with E-state index in [4.69, 9.17) is 8.85 Å².